The Morgan fingerprint density at radius 1 is 0.909 bits per heavy atom. The first-order valence-electron chi connectivity index (χ1n) is 4.19. The SMILES string of the molecule is C=C(CCS)CCCCCS. The quantitative estimate of drug-likeness (QED) is 0.343. The minimum atomic E-state index is 0.936. The normalized spacial score (nSPS) is 10.0. The van der Waals surface area contributed by atoms with Crippen molar-refractivity contribution in [3.8, 4) is 0 Å². The number of hydrogen-bond acceptors (Lipinski definition) is 2. The van der Waals surface area contributed by atoms with Gasteiger partial charge in [0, 0.05) is 0 Å². The predicted octanol–water partition coefficient (Wildman–Crippen LogP) is 3.35. The average Bonchev–Trinajstić information content (AvgIpc) is 1.99. The largest absolute Gasteiger partial charge is 0.179 e. The van der Waals surface area contributed by atoms with Crippen LogP contribution in [-0.2, 0) is 0 Å². The van der Waals surface area contributed by atoms with Gasteiger partial charge in [-0.05, 0) is 37.2 Å². The van der Waals surface area contributed by atoms with Crippen LogP contribution < -0.4 is 0 Å². The second kappa shape index (κ2) is 8.54. The lowest BCUT2D eigenvalue weighted by molar-refractivity contribution is 0.710. The number of unbranched alkanes of at least 4 members (excludes halogenated alkanes) is 2. The van der Waals surface area contributed by atoms with E-state index in [1.54, 1.807) is 0 Å². The Kier molecular flexibility index (Phi) is 8.88. The summed E-state index contributed by atoms with van der Waals surface area (Å²) in [4.78, 5) is 0. The zero-order chi connectivity index (χ0) is 8.53. The minimum absolute atomic E-state index is 0.936. The lowest BCUT2D eigenvalue weighted by Gasteiger charge is -2.01. The molecule has 0 radical (unpaired) electrons. The summed E-state index contributed by atoms with van der Waals surface area (Å²) in [6.07, 6.45) is 6.04. The van der Waals surface area contributed by atoms with Crippen LogP contribution in [0.4, 0.5) is 0 Å². The highest BCUT2D eigenvalue weighted by Gasteiger charge is 1.92. The Bertz CT molecular complexity index is 99.7. The van der Waals surface area contributed by atoms with E-state index in [-0.39, 0.29) is 0 Å². The summed E-state index contributed by atoms with van der Waals surface area (Å²) in [6, 6.07) is 0. The lowest BCUT2D eigenvalue weighted by atomic mass is 10.1. The highest BCUT2D eigenvalue weighted by atomic mass is 32.1. The summed E-state index contributed by atoms with van der Waals surface area (Å²) >= 11 is 8.30. The van der Waals surface area contributed by atoms with Crippen molar-refractivity contribution in [2.45, 2.75) is 32.1 Å². The van der Waals surface area contributed by atoms with Crippen molar-refractivity contribution in [1.29, 1.82) is 0 Å². The van der Waals surface area contributed by atoms with Gasteiger partial charge < -0.3 is 0 Å². The van der Waals surface area contributed by atoms with E-state index in [2.05, 4.69) is 31.8 Å². The third kappa shape index (κ3) is 8.35. The fraction of sp³-hybridized carbons (Fsp3) is 0.778. The highest BCUT2D eigenvalue weighted by molar-refractivity contribution is 7.80. The van der Waals surface area contributed by atoms with Crippen LogP contribution in [0.5, 0.6) is 0 Å². The van der Waals surface area contributed by atoms with Gasteiger partial charge in [0.2, 0.25) is 0 Å². The van der Waals surface area contributed by atoms with E-state index in [1.807, 2.05) is 0 Å². The van der Waals surface area contributed by atoms with Crippen LogP contribution in [0.3, 0.4) is 0 Å². The fourth-order valence-electron chi connectivity index (χ4n) is 0.947. The summed E-state index contributed by atoms with van der Waals surface area (Å²) < 4.78 is 0. The number of hydrogen-bond donors (Lipinski definition) is 2. The predicted molar refractivity (Wildman–Crippen MR) is 59.9 cm³/mol. The molecule has 66 valence electrons. The molecule has 0 rings (SSSR count). The Hall–Kier alpha value is 0.440. The molecule has 0 unspecified atom stereocenters. The van der Waals surface area contributed by atoms with Crippen molar-refractivity contribution >= 4 is 25.3 Å². The van der Waals surface area contributed by atoms with E-state index in [4.69, 9.17) is 0 Å². The van der Waals surface area contributed by atoms with Crippen molar-refractivity contribution in [2.75, 3.05) is 11.5 Å². The first-order chi connectivity index (χ1) is 5.31. The molecule has 0 atom stereocenters. The van der Waals surface area contributed by atoms with Gasteiger partial charge in [-0.15, -0.1) is 0 Å². The smallest absolute Gasteiger partial charge is 0.00607 e. The molecule has 0 aliphatic rings. The van der Waals surface area contributed by atoms with Gasteiger partial charge in [-0.2, -0.15) is 25.3 Å². The molecule has 0 saturated heterocycles. The number of rotatable bonds is 7. The molecule has 0 amide bonds. The van der Waals surface area contributed by atoms with Crippen LogP contribution in [0.25, 0.3) is 0 Å². The van der Waals surface area contributed by atoms with Crippen LogP contribution in [0.15, 0.2) is 12.2 Å². The molecule has 0 bridgehead atoms. The van der Waals surface area contributed by atoms with Crippen LogP contribution >= 0.6 is 25.3 Å². The summed E-state index contributed by atoms with van der Waals surface area (Å²) in [5.74, 6) is 1.95. The summed E-state index contributed by atoms with van der Waals surface area (Å²) in [5, 5.41) is 0. The maximum atomic E-state index is 4.15. The van der Waals surface area contributed by atoms with E-state index in [0.717, 1.165) is 17.9 Å². The van der Waals surface area contributed by atoms with Gasteiger partial charge in [0.05, 0.1) is 0 Å². The minimum Gasteiger partial charge on any atom is -0.179 e. The summed E-state index contributed by atoms with van der Waals surface area (Å²) in [5.41, 5.74) is 1.35. The topological polar surface area (TPSA) is 0 Å². The van der Waals surface area contributed by atoms with Crippen molar-refractivity contribution in [2.24, 2.45) is 0 Å². The molecule has 0 aromatic heterocycles. The molecule has 0 aliphatic carbocycles. The molecular weight excluding hydrogens is 172 g/mol. The zero-order valence-corrected chi connectivity index (χ0v) is 8.84. The molecular formula is C9H18S2. The standard InChI is InChI=1S/C9H18S2/c1-9(6-8-11)5-3-2-4-7-10/h10-11H,1-8H2. The summed E-state index contributed by atoms with van der Waals surface area (Å²) in [6.45, 7) is 3.97. The molecule has 0 aromatic rings. The number of allylic oxidation sites excluding steroid dienone is 1. The third-order valence-electron chi connectivity index (χ3n) is 1.65. The second-order valence-corrected chi connectivity index (χ2v) is 3.65. The lowest BCUT2D eigenvalue weighted by Crippen LogP contribution is -1.85. The summed E-state index contributed by atoms with van der Waals surface area (Å²) in [7, 11) is 0. The van der Waals surface area contributed by atoms with Gasteiger partial charge in [-0.1, -0.05) is 18.6 Å². The molecule has 11 heavy (non-hydrogen) atoms. The average molecular weight is 190 g/mol. The fourth-order valence-corrected chi connectivity index (χ4v) is 1.49. The van der Waals surface area contributed by atoms with Crippen LogP contribution in [0.2, 0.25) is 0 Å². The van der Waals surface area contributed by atoms with E-state index in [1.165, 1.54) is 31.3 Å². The van der Waals surface area contributed by atoms with Crippen molar-refractivity contribution in [3.05, 3.63) is 12.2 Å². The third-order valence-corrected chi connectivity index (χ3v) is 2.19. The Labute approximate surface area is 81.3 Å². The van der Waals surface area contributed by atoms with E-state index < -0.39 is 0 Å². The van der Waals surface area contributed by atoms with E-state index in [9.17, 15) is 0 Å². The molecule has 2 heteroatoms. The highest BCUT2D eigenvalue weighted by Crippen LogP contribution is 2.11. The van der Waals surface area contributed by atoms with Gasteiger partial charge in [0.1, 0.15) is 0 Å². The molecule has 0 nitrogen and oxygen atoms in total. The Morgan fingerprint density at radius 3 is 2.18 bits per heavy atom. The molecule has 0 fully saturated rings. The Balaban J connectivity index is 3.04. The first-order valence-corrected chi connectivity index (χ1v) is 5.46. The van der Waals surface area contributed by atoms with Gasteiger partial charge >= 0.3 is 0 Å². The van der Waals surface area contributed by atoms with Gasteiger partial charge in [0.15, 0.2) is 0 Å². The molecule has 0 spiro atoms. The van der Waals surface area contributed by atoms with E-state index in [0.29, 0.717) is 0 Å². The second-order valence-electron chi connectivity index (χ2n) is 2.76. The zero-order valence-electron chi connectivity index (χ0n) is 7.05. The Morgan fingerprint density at radius 2 is 1.64 bits per heavy atom. The van der Waals surface area contributed by atoms with Gasteiger partial charge in [-0.25, -0.2) is 0 Å². The molecule has 0 aromatic carbocycles. The molecule has 0 saturated carbocycles. The number of thiol groups is 2. The monoisotopic (exact) mass is 190 g/mol. The van der Waals surface area contributed by atoms with Crippen LogP contribution in [0, 0.1) is 0 Å². The molecule has 0 N–H and O–H groups in total. The van der Waals surface area contributed by atoms with E-state index >= 15 is 0 Å². The van der Waals surface area contributed by atoms with Crippen LogP contribution in [0.1, 0.15) is 32.1 Å². The van der Waals surface area contributed by atoms with Crippen molar-refractivity contribution in [1.82, 2.24) is 0 Å². The van der Waals surface area contributed by atoms with Crippen LogP contribution in [-0.4, -0.2) is 11.5 Å². The van der Waals surface area contributed by atoms with Crippen molar-refractivity contribution in [3.63, 3.8) is 0 Å². The first kappa shape index (κ1) is 11.4. The van der Waals surface area contributed by atoms with Gasteiger partial charge in [-0.3, -0.25) is 0 Å². The van der Waals surface area contributed by atoms with Crippen molar-refractivity contribution < 1.29 is 0 Å². The maximum Gasteiger partial charge on any atom is -0.00607 e. The molecule has 0 aliphatic heterocycles. The maximum absolute atomic E-state index is 4.15. The molecule has 0 heterocycles. The van der Waals surface area contributed by atoms with Gasteiger partial charge in [0.25, 0.3) is 0 Å².